The van der Waals surface area contributed by atoms with Gasteiger partial charge in [0.15, 0.2) is 0 Å². The molecule has 0 aromatic heterocycles. The van der Waals surface area contributed by atoms with E-state index in [1.165, 1.54) is 65.5 Å². The second-order valence-corrected chi connectivity index (χ2v) is 9.96. The summed E-state index contributed by atoms with van der Waals surface area (Å²) in [6.07, 6.45) is 9.27. The molecule has 3 heteroatoms. The topological polar surface area (TPSA) is 38.9 Å². The number of nitrogens with one attached hydrogen (secondary N) is 2. The highest BCUT2D eigenvalue weighted by molar-refractivity contribution is 6.22. The molecule has 2 saturated heterocycles. The van der Waals surface area contributed by atoms with Crippen molar-refractivity contribution >= 4 is 5.84 Å². The maximum atomic E-state index is 8.24. The summed E-state index contributed by atoms with van der Waals surface area (Å²) in [6.45, 7) is 6.52. The Hall–Kier alpha value is -2.39. The van der Waals surface area contributed by atoms with E-state index in [4.69, 9.17) is 5.41 Å². The van der Waals surface area contributed by atoms with Crippen LogP contribution in [0.5, 0.6) is 0 Å². The van der Waals surface area contributed by atoms with E-state index in [2.05, 4.69) is 72.6 Å². The molecular weight excluding hydrogens is 366 g/mol. The molecule has 4 aliphatic rings. The Morgan fingerprint density at radius 1 is 1.10 bits per heavy atom. The first-order valence-corrected chi connectivity index (χ1v) is 11.6. The third-order valence-electron chi connectivity index (χ3n) is 8.01. The fourth-order valence-corrected chi connectivity index (χ4v) is 6.16. The number of amidine groups is 1. The summed E-state index contributed by atoms with van der Waals surface area (Å²) in [7, 11) is 0. The van der Waals surface area contributed by atoms with Crippen LogP contribution in [-0.4, -0.2) is 22.8 Å². The minimum atomic E-state index is -0.101. The molecule has 2 unspecified atom stereocenters. The molecule has 2 heterocycles. The van der Waals surface area contributed by atoms with Gasteiger partial charge < -0.3 is 10.2 Å². The molecule has 3 nitrogen and oxygen atoms in total. The average molecular weight is 398 g/mol. The smallest absolute Gasteiger partial charge is 0.143 e. The third-order valence-corrected chi connectivity index (χ3v) is 8.01. The molecule has 1 saturated carbocycles. The normalized spacial score (nSPS) is 29.1. The van der Waals surface area contributed by atoms with Gasteiger partial charge in [0.1, 0.15) is 11.4 Å². The minimum absolute atomic E-state index is 0.0116. The second kappa shape index (κ2) is 6.31. The van der Waals surface area contributed by atoms with Crippen molar-refractivity contribution < 1.29 is 0 Å². The van der Waals surface area contributed by atoms with E-state index in [9.17, 15) is 0 Å². The molecule has 3 fully saturated rings. The number of nitrogens with zero attached hydrogens (tertiary/aromatic N) is 1. The first-order valence-electron chi connectivity index (χ1n) is 11.6. The van der Waals surface area contributed by atoms with Gasteiger partial charge in [0.25, 0.3) is 0 Å². The van der Waals surface area contributed by atoms with Crippen LogP contribution in [0.15, 0.2) is 54.1 Å². The van der Waals surface area contributed by atoms with Gasteiger partial charge in [-0.15, -0.1) is 0 Å². The van der Waals surface area contributed by atoms with Gasteiger partial charge in [0.2, 0.25) is 0 Å². The first kappa shape index (κ1) is 18.4. The SMILES string of the molecule is Cc1ccc(CNCC2CCCCC2)c(-c2cccc(C3(C)C4=CC45C(=N)N53)c2)c1. The number of benzene rings is 2. The van der Waals surface area contributed by atoms with Crippen molar-refractivity contribution in [3.63, 3.8) is 0 Å². The standard InChI is InChI=1S/C27H31N3/c1-18-11-12-21(17-29-16-19-7-4-3-5-8-19)23(13-18)20-9-6-10-22(14-20)26(2)24-15-27(24)25(28)30(26)27/h6,9-15,19,28-29H,3-5,7-8,16-17H2,1-2H3. The third kappa shape index (κ3) is 2.45. The van der Waals surface area contributed by atoms with Crippen LogP contribution in [-0.2, 0) is 12.1 Å². The van der Waals surface area contributed by atoms with Crippen LogP contribution in [0.3, 0.4) is 0 Å². The molecule has 2 aliphatic carbocycles. The van der Waals surface area contributed by atoms with E-state index in [1.807, 2.05) is 0 Å². The van der Waals surface area contributed by atoms with Crippen LogP contribution in [0.2, 0.25) is 0 Å². The lowest BCUT2D eigenvalue weighted by Crippen LogP contribution is -2.43. The van der Waals surface area contributed by atoms with Crippen molar-refractivity contribution in [3.05, 3.63) is 70.8 Å². The van der Waals surface area contributed by atoms with Crippen LogP contribution in [0.1, 0.15) is 55.7 Å². The summed E-state index contributed by atoms with van der Waals surface area (Å²) < 4.78 is 0. The molecule has 30 heavy (non-hydrogen) atoms. The maximum absolute atomic E-state index is 8.24. The van der Waals surface area contributed by atoms with Crippen LogP contribution < -0.4 is 5.32 Å². The molecule has 2 aliphatic heterocycles. The number of hydrogen-bond acceptors (Lipinski definition) is 2. The van der Waals surface area contributed by atoms with E-state index in [0.717, 1.165) is 24.8 Å². The van der Waals surface area contributed by atoms with Gasteiger partial charge >= 0.3 is 0 Å². The van der Waals surface area contributed by atoms with Crippen molar-refractivity contribution in [2.75, 3.05) is 6.54 Å². The summed E-state index contributed by atoms with van der Waals surface area (Å²) in [6, 6.07) is 15.9. The summed E-state index contributed by atoms with van der Waals surface area (Å²) in [5, 5.41) is 12.0. The lowest BCUT2D eigenvalue weighted by Gasteiger charge is -2.38. The van der Waals surface area contributed by atoms with E-state index in [1.54, 1.807) is 0 Å². The summed E-state index contributed by atoms with van der Waals surface area (Å²) in [5.74, 6) is 1.64. The van der Waals surface area contributed by atoms with Crippen molar-refractivity contribution in [2.45, 2.75) is 63.6 Å². The van der Waals surface area contributed by atoms with Crippen LogP contribution in [0, 0.1) is 18.3 Å². The Balaban J connectivity index is 1.25. The molecule has 0 amide bonds. The lowest BCUT2D eigenvalue weighted by atomic mass is 9.81. The number of rotatable bonds is 6. The maximum Gasteiger partial charge on any atom is 0.143 e. The molecule has 1 spiro atoms. The molecule has 6 rings (SSSR count). The zero-order valence-corrected chi connectivity index (χ0v) is 18.1. The first-order chi connectivity index (χ1) is 14.5. The van der Waals surface area contributed by atoms with Crippen molar-refractivity contribution in [1.82, 2.24) is 10.2 Å². The molecule has 2 aromatic rings. The van der Waals surface area contributed by atoms with E-state index < -0.39 is 0 Å². The van der Waals surface area contributed by atoms with Crippen molar-refractivity contribution in [3.8, 4) is 11.1 Å². The number of aryl methyl sites for hydroxylation is 1. The predicted molar refractivity (Wildman–Crippen MR) is 123 cm³/mol. The van der Waals surface area contributed by atoms with E-state index >= 15 is 0 Å². The Bertz CT molecular complexity index is 1080. The molecular formula is C27H31N3. The Morgan fingerprint density at radius 3 is 2.67 bits per heavy atom. The van der Waals surface area contributed by atoms with Gasteiger partial charge in [-0.1, -0.05) is 61.2 Å². The van der Waals surface area contributed by atoms with Gasteiger partial charge in [-0.05, 0) is 79.1 Å². The summed E-state index contributed by atoms with van der Waals surface area (Å²) >= 11 is 0. The monoisotopic (exact) mass is 397 g/mol. The zero-order valence-electron chi connectivity index (χ0n) is 18.1. The van der Waals surface area contributed by atoms with Crippen LogP contribution in [0.25, 0.3) is 11.1 Å². The van der Waals surface area contributed by atoms with Gasteiger partial charge in [-0.25, -0.2) is 0 Å². The highest BCUT2D eigenvalue weighted by Crippen LogP contribution is 2.76. The van der Waals surface area contributed by atoms with Crippen molar-refractivity contribution in [2.24, 2.45) is 5.92 Å². The Kier molecular flexibility index (Phi) is 3.86. The van der Waals surface area contributed by atoms with E-state index in [-0.39, 0.29) is 11.1 Å². The van der Waals surface area contributed by atoms with E-state index in [0.29, 0.717) is 0 Å². The predicted octanol–water partition coefficient (Wildman–Crippen LogP) is 5.53. The lowest BCUT2D eigenvalue weighted by molar-refractivity contribution is 0.237. The molecule has 2 N–H and O–H groups in total. The van der Waals surface area contributed by atoms with Gasteiger partial charge in [-0.2, -0.15) is 0 Å². The highest BCUT2D eigenvalue weighted by Gasteiger charge is 2.87. The zero-order chi connectivity index (χ0) is 20.5. The fourth-order valence-electron chi connectivity index (χ4n) is 6.16. The van der Waals surface area contributed by atoms with Gasteiger partial charge in [0.05, 0.1) is 5.54 Å². The van der Waals surface area contributed by atoms with Gasteiger partial charge in [-0.3, -0.25) is 5.41 Å². The second-order valence-electron chi connectivity index (χ2n) is 9.96. The molecule has 2 aromatic carbocycles. The van der Waals surface area contributed by atoms with Gasteiger partial charge in [0, 0.05) is 6.54 Å². The Morgan fingerprint density at radius 2 is 1.93 bits per heavy atom. The van der Waals surface area contributed by atoms with Crippen molar-refractivity contribution in [1.29, 1.82) is 5.41 Å². The molecule has 154 valence electrons. The molecule has 2 atom stereocenters. The Labute approximate surface area is 179 Å². The van der Waals surface area contributed by atoms with Crippen LogP contribution in [0.4, 0.5) is 0 Å². The van der Waals surface area contributed by atoms with Crippen LogP contribution >= 0.6 is 0 Å². The highest BCUT2D eigenvalue weighted by atomic mass is 15.5. The molecule has 0 radical (unpaired) electrons. The number of hydrogen-bond donors (Lipinski definition) is 2. The molecule has 0 bridgehead atoms. The quantitative estimate of drug-likeness (QED) is 0.497. The summed E-state index contributed by atoms with van der Waals surface area (Å²) in [5.41, 5.74) is 7.94. The summed E-state index contributed by atoms with van der Waals surface area (Å²) in [4.78, 5) is 2.26. The fraction of sp³-hybridized carbons (Fsp3) is 0.444. The minimum Gasteiger partial charge on any atom is -0.325 e. The average Bonchev–Trinajstić information content (AvgIpc) is 3.61. The largest absolute Gasteiger partial charge is 0.325 e.